The summed E-state index contributed by atoms with van der Waals surface area (Å²) in [5.41, 5.74) is 1.42. The van der Waals surface area contributed by atoms with Gasteiger partial charge < -0.3 is 15.0 Å². The lowest BCUT2D eigenvalue weighted by Crippen LogP contribution is -2.38. The van der Waals surface area contributed by atoms with Crippen molar-refractivity contribution in [3.05, 3.63) is 119 Å². The maximum Gasteiger partial charge on any atom is 0.330 e. The topological polar surface area (TPSA) is 116 Å². The molecule has 6 aromatic rings. The highest BCUT2D eigenvalue weighted by atomic mass is 19.1. The number of carbonyl (C=O) groups is 2. The summed E-state index contributed by atoms with van der Waals surface area (Å²) >= 11 is 0. The highest BCUT2D eigenvalue weighted by Gasteiger charge is 2.23. The van der Waals surface area contributed by atoms with Gasteiger partial charge >= 0.3 is 6.03 Å². The largest absolute Gasteiger partial charge is 0.452 e. The number of nitrogens with one attached hydrogen (secondary N) is 1. The summed E-state index contributed by atoms with van der Waals surface area (Å²) in [6.07, 6.45) is 6.29. The molecule has 2 aromatic carbocycles. The molecule has 0 bridgehead atoms. The van der Waals surface area contributed by atoms with Crippen molar-refractivity contribution >= 4 is 23.1 Å². The second-order valence-electron chi connectivity index (χ2n) is 10.3. The number of halogens is 2. The maximum atomic E-state index is 15.4. The van der Waals surface area contributed by atoms with E-state index in [0.717, 1.165) is 21.9 Å². The van der Waals surface area contributed by atoms with Gasteiger partial charge in [0.25, 0.3) is 11.5 Å². The molecule has 0 saturated carbocycles. The SMILES string of the molecule is CN(C)C(=O)n1ccc(-c2ccc(F)cc2)c(C(=O)Nc2ccc(Oc3cc(-c4ccnn4C)cn4nccc34)c(F)c2)c1=O. The van der Waals surface area contributed by atoms with Crippen LogP contribution in [-0.4, -0.2) is 54.9 Å². The lowest BCUT2D eigenvalue weighted by molar-refractivity contribution is 0.102. The van der Waals surface area contributed by atoms with Crippen molar-refractivity contribution in [3.8, 4) is 33.9 Å². The van der Waals surface area contributed by atoms with Gasteiger partial charge in [-0.1, -0.05) is 12.1 Å². The number of pyridine rings is 2. The predicted octanol–water partition coefficient (Wildman–Crippen LogP) is 5.42. The molecule has 6 rings (SSSR count). The molecule has 1 N–H and O–H groups in total. The Morgan fingerprint density at radius 2 is 1.64 bits per heavy atom. The first-order valence-corrected chi connectivity index (χ1v) is 13.6. The molecule has 0 unspecified atom stereocenters. The third-order valence-corrected chi connectivity index (χ3v) is 7.06. The average Bonchev–Trinajstić information content (AvgIpc) is 3.67. The van der Waals surface area contributed by atoms with Crippen LogP contribution in [-0.2, 0) is 7.05 Å². The monoisotopic (exact) mass is 609 g/mol. The molecule has 0 atom stereocenters. The van der Waals surface area contributed by atoms with Crippen molar-refractivity contribution in [1.29, 1.82) is 0 Å². The van der Waals surface area contributed by atoms with Crippen LogP contribution >= 0.6 is 0 Å². The Labute approximate surface area is 254 Å². The molecular weight excluding hydrogens is 584 g/mol. The van der Waals surface area contributed by atoms with Gasteiger partial charge in [0.1, 0.15) is 16.9 Å². The molecule has 0 aliphatic rings. The van der Waals surface area contributed by atoms with Gasteiger partial charge in [-0.15, -0.1) is 0 Å². The number of carbonyl (C=O) groups excluding carboxylic acids is 2. The number of hydrogen-bond acceptors (Lipinski definition) is 6. The second-order valence-corrected chi connectivity index (χ2v) is 10.3. The number of rotatable bonds is 6. The van der Waals surface area contributed by atoms with Gasteiger partial charge in [0.05, 0.1) is 11.9 Å². The first-order valence-electron chi connectivity index (χ1n) is 13.6. The van der Waals surface area contributed by atoms with Gasteiger partial charge in [-0.25, -0.2) is 22.7 Å². The number of benzene rings is 2. The Morgan fingerprint density at radius 3 is 2.33 bits per heavy atom. The zero-order chi connectivity index (χ0) is 31.8. The van der Waals surface area contributed by atoms with Gasteiger partial charge in [0.15, 0.2) is 17.3 Å². The fourth-order valence-electron chi connectivity index (χ4n) is 4.84. The van der Waals surface area contributed by atoms with Gasteiger partial charge in [-0.2, -0.15) is 10.2 Å². The van der Waals surface area contributed by atoms with Crippen molar-refractivity contribution in [2.24, 2.45) is 7.05 Å². The number of anilines is 1. The Balaban J connectivity index is 1.32. The highest BCUT2D eigenvalue weighted by molar-refractivity contribution is 6.08. The summed E-state index contributed by atoms with van der Waals surface area (Å²) in [6.45, 7) is 0. The molecule has 0 spiro atoms. The van der Waals surface area contributed by atoms with Crippen molar-refractivity contribution in [2.75, 3.05) is 19.4 Å². The van der Waals surface area contributed by atoms with Crippen LogP contribution in [0.2, 0.25) is 0 Å². The minimum atomic E-state index is -0.897. The molecule has 0 fully saturated rings. The van der Waals surface area contributed by atoms with E-state index < -0.39 is 29.1 Å². The second kappa shape index (κ2) is 11.5. The third-order valence-electron chi connectivity index (χ3n) is 7.06. The lowest BCUT2D eigenvalue weighted by Gasteiger charge is -2.16. The number of hydrogen-bond donors (Lipinski definition) is 1. The molecule has 4 heterocycles. The molecule has 11 nitrogen and oxygen atoms in total. The van der Waals surface area contributed by atoms with Crippen LogP contribution in [0.1, 0.15) is 10.4 Å². The van der Waals surface area contributed by atoms with Crippen molar-refractivity contribution in [1.82, 2.24) is 28.9 Å². The first-order chi connectivity index (χ1) is 21.6. The maximum absolute atomic E-state index is 15.4. The van der Waals surface area contributed by atoms with E-state index >= 15 is 4.39 Å². The Bertz CT molecular complexity index is 2150. The predicted molar refractivity (Wildman–Crippen MR) is 162 cm³/mol. The van der Waals surface area contributed by atoms with E-state index in [-0.39, 0.29) is 22.6 Å². The van der Waals surface area contributed by atoms with Crippen LogP contribution in [0.25, 0.3) is 27.9 Å². The van der Waals surface area contributed by atoms with Crippen LogP contribution in [0.5, 0.6) is 11.5 Å². The van der Waals surface area contributed by atoms with Crippen LogP contribution in [0.4, 0.5) is 19.3 Å². The average molecular weight is 610 g/mol. The van der Waals surface area contributed by atoms with E-state index in [4.69, 9.17) is 4.74 Å². The smallest absolute Gasteiger partial charge is 0.330 e. The molecule has 45 heavy (non-hydrogen) atoms. The third kappa shape index (κ3) is 5.54. The lowest BCUT2D eigenvalue weighted by atomic mass is 10.0. The van der Waals surface area contributed by atoms with Crippen LogP contribution in [0, 0.1) is 11.6 Å². The molecule has 13 heteroatoms. The van der Waals surface area contributed by atoms with Crippen molar-refractivity contribution in [2.45, 2.75) is 0 Å². The van der Waals surface area contributed by atoms with Crippen molar-refractivity contribution in [3.63, 3.8) is 0 Å². The fraction of sp³-hybridized carbons (Fsp3) is 0.0938. The van der Waals surface area contributed by atoms with E-state index in [9.17, 15) is 18.8 Å². The van der Waals surface area contributed by atoms with Crippen LogP contribution < -0.4 is 15.6 Å². The molecule has 0 radical (unpaired) electrons. The van der Waals surface area contributed by atoms with Crippen LogP contribution in [0.3, 0.4) is 0 Å². The van der Waals surface area contributed by atoms with E-state index in [1.165, 1.54) is 67.7 Å². The summed E-state index contributed by atoms with van der Waals surface area (Å²) in [7, 11) is 4.72. The number of nitrogens with zero attached hydrogens (tertiary/aromatic N) is 6. The van der Waals surface area contributed by atoms with E-state index in [2.05, 4.69) is 15.5 Å². The van der Waals surface area contributed by atoms with E-state index in [1.54, 1.807) is 47.0 Å². The normalized spacial score (nSPS) is 11.0. The molecule has 2 amide bonds. The summed E-state index contributed by atoms with van der Waals surface area (Å²) in [5.74, 6) is -1.97. The number of amides is 2. The number of aromatic nitrogens is 5. The molecule has 0 saturated heterocycles. The van der Waals surface area contributed by atoms with Crippen molar-refractivity contribution < 1.29 is 23.1 Å². The van der Waals surface area contributed by atoms with Gasteiger partial charge in [-0.3, -0.25) is 14.3 Å². The summed E-state index contributed by atoms with van der Waals surface area (Å²) < 4.78 is 39.1. The Kier molecular flexibility index (Phi) is 7.42. The molecule has 0 aliphatic carbocycles. The zero-order valence-corrected chi connectivity index (χ0v) is 24.2. The molecular formula is C32H25F2N7O4. The molecule has 226 valence electrons. The fourth-order valence-corrected chi connectivity index (χ4v) is 4.84. The zero-order valence-electron chi connectivity index (χ0n) is 24.2. The van der Waals surface area contributed by atoms with Gasteiger partial charge in [0.2, 0.25) is 0 Å². The molecule has 4 aromatic heterocycles. The standard InChI is InChI=1S/C32H25F2N7O4/c1-38(2)32(44)40-15-12-23(19-4-6-21(33)7-5-19)29(31(40)43)30(42)37-22-8-9-27(24(34)17-22)45-28-16-20(25-10-13-35-39(25)3)18-41-26(28)11-14-36-41/h4-18H,1-3H3,(H,37,42). The van der Waals surface area contributed by atoms with Gasteiger partial charge in [-0.05, 0) is 54.1 Å². The first kappa shape index (κ1) is 29.0. The van der Waals surface area contributed by atoms with E-state index in [0.29, 0.717) is 16.8 Å². The highest BCUT2D eigenvalue weighted by Crippen LogP contribution is 2.33. The number of fused-ring (bicyclic) bond motifs is 1. The minimum Gasteiger partial charge on any atom is -0.452 e. The minimum absolute atomic E-state index is 0.0294. The Hall–Kier alpha value is -6.11. The van der Waals surface area contributed by atoms with Crippen LogP contribution in [0.15, 0.2) is 96.3 Å². The number of ether oxygens (including phenoxy) is 1. The van der Waals surface area contributed by atoms with Gasteiger partial charge in [0, 0.05) is 62.6 Å². The quantitative estimate of drug-likeness (QED) is 0.270. The Morgan fingerprint density at radius 1 is 0.889 bits per heavy atom. The summed E-state index contributed by atoms with van der Waals surface area (Å²) in [6, 6.07) is 15.0. The van der Waals surface area contributed by atoms with E-state index in [1.807, 2.05) is 6.07 Å². The summed E-state index contributed by atoms with van der Waals surface area (Å²) in [5, 5.41) is 11.0. The summed E-state index contributed by atoms with van der Waals surface area (Å²) in [4.78, 5) is 40.8. The molecule has 0 aliphatic heterocycles. The number of aryl methyl sites for hydroxylation is 1.